The molecule has 2 heterocycles. The number of hydrogen-bond acceptors (Lipinski definition) is 3. The van der Waals surface area contributed by atoms with Gasteiger partial charge in [-0.3, -0.25) is 4.79 Å². The quantitative estimate of drug-likeness (QED) is 0.745. The monoisotopic (exact) mass is 359 g/mol. The average molecular weight is 359 g/mol. The molecule has 0 radical (unpaired) electrons. The molecule has 5 nitrogen and oxygen atoms in total. The SMILES string of the molecule is CCOCCc1cnc2n1CCN(C(=O)Cc1ccc(F)cc1C)C2C. The van der Waals surface area contributed by atoms with Gasteiger partial charge in [0.15, 0.2) is 0 Å². The minimum Gasteiger partial charge on any atom is -0.381 e. The van der Waals surface area contributed by atoms with Crippen molar-refractivity contribution >= 4 is 5.91 Å². The number of rotatable bonds is 6. The Morgan fingerprint density at radius 1 is 1.38 bits per heavy atom. The summed E-state index contributed by atoms with van der Waals surface area (Å²) < 4.78 is 20.9. The second-order valence-electron chi connectivity index (χ2n) is 6.72. The molecular formula is C20H26FN3O2. The number of amides is 1. The molecule has 3 rings (SSSR count). The van der Waals surface area contributed by atoms with Crippen molar-refractivity contribution in [1.82, 2.24) is 14.5 Å². The first-order valence-electron chi connectivity index (χ1n) is 9.17. The maximum absolute atomic E-state index is 13.3. The predicted octanol–water partition coefficient (Wildman–Crippen LogP) is 3.06. The third kappa shape index (κ3) is 3.80. The van der Waals surface area contributed by atoms with Crippen LogP contribution in [0.5, 0.6) is 0 Å². The third-order valence-electron chi connectivity index (χ3n) is 5.05. The molecule has 1 unspecified atom stereocenters. The van der Waals surface area contributed by atoms with Gasteiger partial charge in [-0.25, -0.2) is 9.37 Å². The van der Waals surface area contributed by atoms with Crippen molar-refractivity contribution in [2.24, 2.45) is 0 Å². The fourth-order valence-corrected chi connectivity index (χ4v) is 3.54. The van der Waals surface area contributed by atoms with Crippen LogP contribution >= 0.6 is 0 Å². The van der Waals surface area contributed by atoms with Crippen molar-refractivity contribution in [1.29, 1.82) is 0 Å². The number of imidazole rings is 1. The van der Waals surface area contributed by atoms with Gasteiger partial charge in [0.2, 0.25) is 5.91 Å². The van der Waals surface area contributed by atoms with E-state index in [1.54, 1.807) is 6.07 Å². The lowest BCUT2D eigenvalue weighted by molar-refractivity contribution is -0.133. The summed E-state index contributed by atoms with van der Waals surface area (Å²) in [6.07, 6.45) is 3.01. The first-order valence-corrected chi connectivity index (χ1v) is 9.17. The molecule has 26 heavy (non-hydrogen) atoms. The maximum Gasteiger partial charge on any atom is 0.227 e. The first-order chi connectivity index (χ1) is 12.5. The van der Waals surface area contributed by atoms with E-state index in [1.165, 1.54) is 12.1 Å². The van der Waals surface area contributed by atoms with E-state index in [0.29, 0.717) is 19.8 Å². The summed E-state index contributed by atoms with van der Waals surface area (Å²) in [4.78, 5) is 19.2. The Hall–Kier alpha value is -2.21. The minimum atomic E-state index is -0.272. The highest BCUT2D eigenvalue weighted by atomic mass is 19.1. The summed E-state index contributed by atoms with van der Waals surface area (Å²) in [5.74, 6) is 0.705. The van der Waals surface area contributed by atoms with Gasteiger partial charge in [-0.15, -0.1) is 0 Å². The first kappa shape index (κ1) is 18.6. The molecule has 0 fully saturated rings. The highest BCUT2D eigenvalue weighted by molar-refractivity contribution is 5.79. The fourth-order valence-electron chi connectivity index (χ4n) is 3.54. The molecule has 0 spiro atoms. The van der Waals surface area contributed by atoms with Gasteiger partial charge in [0.1, 0.15) is 11.6 Å². The smallest absolute Gasteiger partial charge is 0.227 e. The van der Waals surface area contributed by atoms with E-state index in [2.05, 4.69) is 9.55 Å². The molecule has 0 N–H and O–H groups in total. The zero-order chi connectivity index (χ0) is 18.7. The van der Waals surface area contributed by atoms with Crippen LogP contribution in [-0.2, 0) is 28.9 Å². The van der Waals surface area contributed by atoms with E-state index >= 15 is 0 Å². The van der Waals surface area contributed by atoms with Crippen molar-refractivity contribution in [2.75, 3.05) is 19.8 Å². The summed E-state index contributed by atoms with van der Waals surface area (Å²) in [5, 5.41) is 0. The lowest BCUT2D eigenvalue weighted by atomic mass is 10.0. The molecule has 1 aliphatic rings. The lowest BCUT2D eigenvalue weighted by Crippen LogP contribution is -2.42. The summed E-state index contributed by atoms with van der Waals surface area (Å²) in [7, 11) is 0. The van der Waals surface area contributed by atoms with E-state index in [-0.39, 0.29) is 24.2 Å². The van der Waals surface area contributed by atoms with Crippen molar-refractivity contribution in [3.8, 4) is 0 Å². The van der Waals surface area contributed by atoms with Crippen LogP contribution in [0.3, 0.4) is 0 Å². The maximum atomic E-state index is 13.3. The standard InChI is InChI=1S/C20H26FN3O2/c1-4-26-10-7-18-13-22-20-15(3)23(8-9-24(18)20)19(25)12-16-5-6-17(21)11-14(16)2/h5-6,11,13,15H,4,7-10,12H2,1-3H3. The average Bonchev–Trinajstić information content (AvgIpc) is 3.02. The largest absolute Gasteiger partial charge is 0.381 e. The second kappa shape index (κ2) is 7.99. The van der Waals surface area contributed by atoms with Crippen LogP contribution in [0.4, 0.5) is 4.39 Å². The molecule has 1 aromatic carbocycles. The molecular weight excluding hydrogens is 333 g/mol. The van der Waals surface area contributed by atoms with E-state index < -0.39 is 0 Å². The molecule has 1 amide bonds. The number of aromatic nitrogens is 2. The van der Waals surface area contributed by atoms with E-state index in [9.17, 15) is 9.18 Å². The number of fused-ring (bicyclic) bond motifs is 1. The number of benzene rings is 1. The van der Waals surface area contributed by atoms with Gasteiger partial charge in [0.05, 0.1) is 19.1 Å². The van der Waals surface area contributed by atoms with Crippen LogP contribution in [0.15, 0.2) is 24.4 Å². The Bertz CT molecular complexity index is 787. The molecule has 0 saturated heterocycles. The summed E-state index contributed by atoms with van der Waals surface area (Å²) in [6.45, 7) is 8.63. The zero-order valence-corrected chi connectivity index (χ0v) is 15.7. The number of aryl methyl sites for hydroxylation is 1. The number of halogens is 1. The highest BCUT2D eigenvalue weighted by Crippen LogP contribution is 2.26. The number of ether oxygens (including phenoxy) is 1. The molecule has 1 atom stereocenters. The Morgan fingerprint density at radius 3 is 2.92 bits per heavy atom. The molecule has 0 aliphatic carbocycles. The summed E-state index contributed by atoms with van der Waals surface area (Å²) in [6, 6.07) is 4.51. The Kier molecular flexibility index (Phi) is 5.71. The van der Waals surface area contributed by atoms with Crippen LogP contribution in [0.25, 0.3) is 0 Å². The van der Waals surface area contributed by atoms with E-state index in [1.807, 2.05) is 31.9 Å². The van der Waals surface area contributed by atoms with Crippen LogP contribution in [-0.4, -0.2) is 40.1 Å². The van der Waals surface area contributed by atoms with E-state index in [4.69, 9.17) is 4.74 Å². The number of nitrogens with zero attached hydrogens (tertiary/aromatic N) is 3. The summed E-state index contributed by atoms with van der Waals surface area (Å²) >= 11 is 0. The molecule has 140 valence electrons. The van der Waals surface area contributed by atoms with Gasteiger partial charge in [0, 0.05) is 38.0 Å². The van der Waals surface area contributed by atoms with E-state index in [0.717, 1.165) is 35.6 Å². The third-order valence-corrected chi connectivity index (χ3v) is 5.05. The van der Waals surface area contributed by atoms with Crippen molar-refractivity contribution in [3.05, 3.63) is 52.9 Å². The lowest BCUT2D eigenvalue weighted by Gasteiger charge is -2.34. The molecule has 6 heteroatoms. The van der Waals surface area contributed by atoms with Crippen LogP contribution in [0.1, 0.15) is 42.5 Å². The van der Waals surface area contributed by atoms with Gasteiger partial charge < -0.3 is 14.2 Å². The Balaban J connectivity index is 1.70. The fraction of sp³-hybridized carbons (Fsp3) is 0.500. The number of carbonyl (C=O) groups excluding carboxylic acids is 1. The topological polar surface area (TPSA) is 47.4 Å². The van der Waals surface area contributed by atoms with Gasteiger partial charge in [0.25, 0.3) is 0 Å². The van der Waals surface area contributed by atoms with Gasteiger partial charge in [-0.05, 0) is 44.0 Å². The Morgan fingerprint density at radius 2 is 2.19 bits per heavy atom. The number of hydrogen-bond donors (Lipinski definition) is 0. The van der Waals surface area contributed by atoms with Crippen molar-refractivity contribution in [3.63, 3.8) is 0 Å². The van der Waals surface area contributed by atoms with Crippen LogP contribution < -0.4 is 0 Å². The van der Waals surface area contributed by atoms with Gasteiger partial charge in [-0.1, -0.05) is 6.07 Å². The van der Waals surface area contributed by atoms with Crippen molar-refractivity contribution in [2.45, 2.75) is 46.2 Å². The van der Waals surface area contributed by atoms with Crippen LogP contribution in [0.2, 0.25) is 0 Å². The zero-order valence-electron chi connectivity index (χ0n) is 15.7. The van der Waals surface area contributed by atoms with Gasteiger partial charge in [-0.2, -0.15) is 0 Å². The highest BCUT2D eigenvalue weighted by Gasteiger charge is 2.30. The van der Waals surface area contributed by atoms with Crippen LogP contribution in [0, 0.1) is 12.7 Å². The minimum absolute atomic E-state index is 0.0531. The predicted molar refractivity (Wildman–Crippen MR) is 97.4 cm³/mol. The molecule has 2 aromatic rings. The summed E-state index contributed by atoms with van der Waals surface area (Å²) in [5.41, 5.74) is 2.83. The molecule has 1 aromatic heterocycles. The van der Waals surface area contributed by atoms with Gasteiger partial charge >= 0.3 is 0 Å². The number of carbonyl (C=O) groups is 1. The van der Waals surface area contributed by atoms with Crippen molar-refractivity contribution < 1.29 is 13.9 Å². The second-order valence-corrected chi connectivity index (χ2v) is 6.72. The Labute approximate surface area is 153 Å². The molecule has 0 saturated carbocycles. The molecule has 0 bridgehead atoms. The normalized spacial score (nSPS) is 16.6. The molecule has 1 aliphatic heterocycles.